The van der Waals surface area contributed by atoms with Gasteiger partial charge < -0.3 is 5.11 Å². The lowest BCUT2D eigenvalue weighted by molar-refractivity contribution is 0.104. The van der Waals surface area contributed by atoms with Crippen LogP contribution >= 0.6 is 0 Å². The molecule has 0 aliphatic rings. The van der Waals surface area contributed by atoms with E-state index in [1.807, 2.05) is 6.07 Å². The standard InChI is InChI=1S/C22H18FNO2/c23-18-9-6-16(7-10-18)4-5-17-8-12-21(25)20(15-17)22(26)13-11-19-3-1-2-14-24-19/h1-3,6-15,25H,4-5H2. The predicted octanol–water partition coefficient (Wildman–Crippen LogP) is 4.61. The summed E-state index contributed by atoms with van der Waals surface area (Å²) in [4.78, 5) is 16.5. The first-order valence-corrected chi connectivity index (χ1v) is 8.31. The summed E-state index contributed by atoms with van der Waals surface area (Å²) in [7, 11) is 0. The molecule has 4 heteroatoms. The van der Waals surface area contributed by atoms with Gasteiger partial charge in [-0.05, 0) is 72.5 Å². The van der Waals surface area contributed by atoms with Crippen molar-refractivity contribution < 1.29 is 14.3 Å². The Hall–Kier alpha value is -3.27. The Morgan fingerprint density at radius 3 is 2.46 bits per heavy atom. The highest BCUT2D eigenvalue weighted by molar-refractivity contribution is 6.08. The van der Waals surface area contributed by atoms with Gasteiger partial charge in [0.1, 0.15) is 11.6 Å². The molecule has 0 atom stereocenters. The summed E-state index contributed by atoms with van der Waals surface area (Å²) in [5.41, 5.74) is 2.88. The number of nitrogens with zero attached hydrogens (tertiary/aromatic N) is 1. The minimum absolute atomic E-state index is 0.0498. The third-order valence-electron chi connectivity index (χ3n) is 4.04. The number of hydrogen-bond acceptors (Lipinski definition) is 3. The largest absolute Gasteiger partial charge is 0.507 e. The van der Waals surface area contributed by atoms with E-state index < -0.39 is 0 Å². The number of halogens is 1. The van der Waals surface area contributed by atoms with Crippen molar-refractivity contribution in [1.29, 1.82) is 0 Å². The first kappa shape index (κ1) is 17.5. The van der Waals surface area contributed by atoms with E-state index in [1.54, 1.807) is 48.7 Å². The van der Waals surface area contributed by atoms with Crippen LogP contribution in [0.15, 0.2) is 72.9 Å². The summed E-state index contributed by atoms with van der Waals surface area (Å²) in [6.45, 7) is 0. The van der Waals surface area contributed by atoms with Crippen molar-refractivity contribution >= 4 is 11.9 Å². The second-order valence-corrected chi connectivity index (χ2v) is 5.93. The quantitative estimate of drug-likeness (QED) is 0.523. The Kier molecular flexibility index (Phi) is 5.54. The number of phenols is 1. The second kappa shape index (κ2) is 8.21. The van der Waals surface area contributed by atoms with Crippen LogP contribution in [0.5, 0.6) is 5.75 Å². The molecule has 0 saturated heterocycles. The zero-order valence-electron chi connectivity index (χ0n) is 14.1. The Bertz CT molecular complexity index is 919. The maximum absolute atomic E-state index is 13.0. The van der Waals surface area contributed by atoms with Gasteiger partial charge in [-0.1, -0.05) is 24.3 Å². The predicted molar refractivity (Wildman–Crippen MR) is 99.5 cm³/mol. The molecular weight excluding hydrogens is 329 g/mol. The van der Waals surface area contributed by atoms with E-state index in [1.165, 1.54) is 24.3 Å². The molecule has 0 saturated carbocycles. The molecule has 0 unspecified atom stereocenters. The van der Waals surface area contributed by atoms with Crippen LogP contribution in [0, 0.1) is 5.82 Å². The summed E-state index contributed by atoms with van der Waals surface area (Å²) in [6, 6.07) is 16.8. The summed E-state index contributed by atoms with van der Waals surface area (Å²) in [6.07, 6.45) is 6.09. The van der Waals surface area contributed by atoms with Crippen LogP contribution in [0.4, 0.5) is 4.39 Å². The van der Waals surface area contributed by atoms with Crippen LogP contribution < -0.4 is 0 Å². The molecule has 0 bridgehead atoms. The van der Waals surface area contributed by atoms with Crippen LogP contribution in [0.3, 0.4) is 0 Å². The number of ketones is 1. The molecular formula is C22H18FNO2. The number of carbonyl (C=O) groups is 1. The van der Waals surface area contributed by atoms with Gasteiger partial charge in [0.25, 0.3) is 0 Å². The average molecular weight is 347 g/mol. The molecule has 130 valence electrons. The van der Waals surface area contributed by atoms with Gasteiger partial charge in [-0.3, -0.25) is 9.78 Å². The molecule has 26 heavy (non-hydrogen) atoms. The lowest BCUT2D eigenvalue weighted by Gasteiger charge is -2.06. The maximum Gasteiger partial charge on any atom is 0.189 e. The van der Waals surface area contributed by atoms with E-state index in [0.717, 1.165) is 17.5 Å². The summed E-state index contributed by atoms with van der Waals surface area (Å²) in [5.74, 6) is -0.589. The zero-order chi connectivity index (χ0) is 18.4. The Labute approximate surface area is 151 Å². The van der Waals surface area contributed by atoms with Crippen molar-refractivity contribution in [2.24, 2.45) is 0 Å². The van der Waals surface area contributed by atoms with Crippen LogP contribution in [0.1, 0.15) is 27.2 Å². The fraction of sp³-hybridized carbons (Fsp3) is 0.0909. The van der Waals surface area contributed by atoms with E-state index in [0.29, 0.717) is 12.1 Å². The highest BCUT2D eigenvalue weighted by atomic mass is 19.1. The fourth-order valence-electron chi connectivity index (χ4n) is 2.60. The molecule has 0 fully saturated rings. The minimum atomic E-state index is -0.281. The number of carbonyl (C=O) groups excluding carboxylic acids is 1. The first-order chi connectivity index (χ1) is 12.6. The van der Waals surface area contributed by atoms with Crippen LogP contribution in [-0.2, 0) is 12.8 Å². The number of hydrogen-bond donors (Lipinski definition) is 1. The molecule has 0 spiro atoms. The number of pyridine rings is 1. The van der Waals surface area contributed by atoms with Gasteiger partial charge in [-0.25, -0.2) is 4.39 Å². The van der Waals surface area contributed by atoms with E-state index in [4.69, 9.17) is 0 Å². The fourth-order valence-corrected chi connectivity index (χ4v) is 2.60. The monoisotopic (exact) mass is 347 g/mol. The van der Waals surface area contributed by atoms with Gasteiger partial charge >= 0.3 is 0 Å². The number of aromatic nitrogens is 1. The Balaban J connectivity index is 1.71. The Morgan fingerprint density at radius 1 is 1.00 bits per heavy atom. The minimum Gasteiger partial charge on any atom is -0.507 e. The summed E-state index contributed by atoms with van der Waals surface area (Å²) in [5, 5.41) is 10.0. The van der Waals surface area contributed by atoms with Crippen LogP contribution in [0.2, 0.25) is 0 Å². The topological polar surface area (TPSA) is 50.2 Å². The molecule has 1 heterocycles. The van der Waals surface area contributed by atoms with Crippen LogP contribution in [-0.4, -0.2) is 15.9 Å². The van der Waals surface area contributed by atoms with Gasteiger partial charge in [0, 0.05) is 6.20 Å². The van der Waals surface area contributed by atoms with Gasteiger partial charge in [-0.15, -0.1) is 0 Å². The first-order valence-electron chi connectivity index (χ1n) is 8.31. The van der Waals surface area contributed by atoms with E-state index in [-0.39, 0.29) is 22.9 Å². The van der Waals surface area contributed by atoms with Crippen molar-refractivity contribution in [1.82, 2.24) is 4.98 Å². The third-order valence-corrected chi connectivity index (χ3v) is 4.04. The highest BCUT2D eigenvalue weighted by Gasteiger charge is 2.10. The Morgan fingerprint density at radius 2 is 1.73 bits per heavy atom. The molecule has 3 nitrogen and oxygen atoms in total. The summed E-state index contributed by atoms with van der Waals surface area (Å²) < 4.78 is 13.0. The number of aryl methyl sites for hydroxylation is 2. The number of allylic oxidation sites excluding steroid dienone is 1. The van der Waals surface area contributed by atoms with Gasteiger partial charge in [0.05, 0.1) is 11.3 Å². The SMILES string of the molecule is O=C(C=Cc1ccccn1)c1cc(CCc2ccc(F)cc2)ccc1O. The van der Waals surface area contributed by atoms with Crippen molar-refractivity contribution in [2.45, 2.75) is 12.8 Å². The highest BCUT2D eigenvalue weighted by Crippen LogP contribution is 2.21. The molecule has 3 aromatic rings. The second-order valence-electron chi connectivity index (χ2n) is 5.93. The zero-order valence-corrected chi connectivity index (χ0v) is 14.1. The maximum atomic E-state index is 13.0. The van der Waals surface area contributed by atoms with E-state index in [2.05, 4.69) is 4.98 Å². The molecule has 0 aliphatic carbocycles. The van der Waals surface area contributed by atoms with E-state index >= 15 is 0 Å². The molecule has 3 rings (SSSR count). The van der Waals surface area contributed by atoms with Crippen molar-refractivity contribution in [3.05, 3.63) is 101 Å². The number of rotatable bonds is 6. The molecule has 0 radical (unpaired) electrons. The van der Waals surface area contributed by atoms with Gasteiger partial charge in [-0.2, -0.15) is 0 Å². The molecule has 1 aromatic heterocycles. The average Bonchev–Trinajstić information content (AvgIpc) is 2.67. The number of phenolic OH excluding ortho intramolecular Hbond substituents is 1. The van der Waals surface area contributed by atoms with Gasteiger partial charge in [0.15, 0.2) is 5.78 Å². The molecule has 0 aliphatic heterocycles. The third kappa shape index (κ3) is 4.63. The van der Waals surface area contributed by atoms with Crippen molar-refractivity contribution in [2.75, 3.05) is 0 Å². The molecule has 1 N–H and O–H groups in total. The summed E-state index contributed by atoms with van der Waals surface area (Å²) >= 11 is 0. The molecule has 2 aromatic carbocycles. The van der Waals surface area contributed by atoms with Crippen molar-refractivity contribution in [3.63, 3.8) is 0 Å². The van der Waals surface area contributed by atoms with Gasteiger partial charge in [0.2, 0.25) is 0 Å². The van der Waals surface area contributed by atoms with E-state index in [9.17, 15) is 14.3 Å². The van der Waals surface area contributed by atoms with Crippen molar-refractivity contribution in [3.8, 4) is 5.75 Å². The lowest BCUT2D eigenvalue weighted by atomic mass is 10.00. The molecule has 0 amide bonds. The number of benzene rings is 2. The number of aromatic hydroxyl groups is 1. The lowest BCUT2D eigenvalue weighted by Crippen LogP contribution is -1.98. The normalized spacial score (nSPS) is 11.0. The smallest absolute Gasteiger partial charge is 0.189 e. The van der Waals surface area contributed by atoms with Crippen LogP contribution in [0.25, 0.3) is 6.08 Å².